The number of nitrogens with zero attached hydrogens (tertiary/aromatic N) is 1. The molecule has 0 spiro atoms. The molecule has 0 radical (unpaired) electrons. The molecule has 0 aliphatic heterocycles. The number of thiazole rings is 1. The highest BCUT2D eigenvalue weighted by Gasteiger charge is 2.06. The molecular weight excluding hydrogens is 289 g/mol. The van der Waals surface area contributed by atoms with E-state index in [1.54, 1.807) is 23.5 Å². The molecule has 1 nitrogen and oxygen atoms in total. The van der Waals surface area contributed by atoms with E-state index in [2.05, 4.69) is 20.9 Å². The molecule has 0 unspecified atom stereocenters. The van der Waals surface area contributed by atoms with Crippen LogP contribution in [0.1, 0.15) is 16.3 Å². The zero-order valence-corrected chi connectivity index (χ0v) is 11.0. The lowest BCUT2D eigenvalue weighted by Crippen LogP contribution is -1.92. The molecule has 84 valence electrons. The lowest BCUT2D eigenvalue weighted by molar-refractivity contribution is 0.614. The largest absolute Gasteiger partial charge is 0.246 e. The normalized spacial score (nSPS) is 10.6. The summed E-state index contributed by atoms with van der Waals surface area (Å²) in [5.74, 6) is -0.153. The van der Waals surface area contributed by atoms with E-state index in [-0.39, 0.29) is 5.82 Å². The molecule has 4 heteroatoms. The molecule has 0 aliphatic carbocycles. The maximum absolute atomic E-state index is 13.4. The first kappa shape index (κ1) is 11.7. The Labute approximate surface area is 106 Å². The van der Waals surface area contributed by atoms with E-state index in [0.717, 1.165) is 22.5 Å². The van der Waals surface area contributed by atoms with Gasteiger partial charge in [0.1, 0.15) is 5.82 Å². The van der Waals surface area contributed by atoms with Gasteiger partial charge in [-0.15, -0.1) is 11.3 Å². The van der Waals surface area contributed by atoms with Crippen molar-refractivity contribution in [3.8, 4) is 0 Å². The van der Waals surface area contributed by atoms with Crippen molar-refractivity contribution in [1.29, 1.82) is 0 Å². The molecule has 0 saturated heterocycles. The predicted octanol–water partition coefficient (Wildman–Crippen LogP) is 3.81. The summed E-state index contributed by atoms with van der Waals surface area (Å²) in [6, 6.07) is 6.85. The molecule has 0 N–H and O–H groups in total. The highest BCUT2D eigenvalue weighted by Crippen LogP contribution is 2.17. The molecule has 0 fully saturated rings. The summed E-state index contributed by atoms with van der Waals surface area (Å²) < 4.78 is 13.4. The summed E-state index contributed by atoms with van der Waals surface area (Å²) in [4.78, 5) is 4.46. The van der Waals surface area contributed by atoms with Crippen LogP contribution in [0.4, 0.5) is 4.39 Å². The van der Waals surface area contributed by atoms with Crippen LogP contribution in [0.5, 0.6) is 0 Å². The molecule has 1 aromatic heterocycles. The second-order valence-corrected chi connectivity index (χ2v) is 5.18. The van der Waals surface area contributed by atoms with Gasteiger partial charge in [0.2, 0.25) is 0 Å². The lowest BCUT2D eigenvalue weighted by Gasteiger charge is -1.99. The van der Waals surface area contributed by atoms with Crippen LogP contribution in [0.2, 0.25) is 0 Å². The van der Waals surface area contributed by atoms with E-state index in [9.17, 15) is 4.39 Å². The lowest BCUT2D eigenvalue weighted by atomic mass is 10.1. The molecule has 0 bridgehead atoms. The van der Waals surface area contributed by atoms with Crippen LogP contribution < -0.4 is 0 Å². The summed E-state index contributed by atoms with van der Waals surface area (Å²) in [6.07, 6.45) is 1.51. The van der Waals surface area contributed by atoms with Crippen molar-refractivity contribution < 1.29 is 4.39 Å². The van der Waals surface area contributed by atoms with E-state index in [0.29, 0.717) is 12.0 Å². The average Bonchev–Trinajstić information content (AvgIpc) is 2.70. The fourth-order valence-corrected chi connectivity index (χ4v) is 2.70. The van der Waals surface area contributed by atoms with Crippen molar-refractivity contribution in [2.45, 2.75) is 12.8 Å². The third kappa shape index (κ3) is 2.89. The van der Waals surface area contributed by atoms with E-state index < -0.39 is 0 Å². The summed E-state index contributed by atoms with van der Waals surface area (Å²) in [6.45, 7) is 0. The topological polar surface area (TPSA) is 12.9 Å². The smallest absolute Gasteiger partial charge is 0.126 e. The van der Waals surface area contributed by atoms with Crippen molar-refractivity contribution >= 4 is 27.3 Å². The third-order valence-electron chi connectivity index (χ3n) is 2.25. The summed E-state index contributed by atoms with van der Waals surface area (Å²) in [5, 5.41) is 3.92. The predicted molar refractivity (Wildman–Crippen MR) is 68.8 cm³/mol. The second kappa shape index (κ2) is 5.55. The minimum atomic E-state index is -0.153. The molecule has 0 atom stereocenters. The van der Waals surface area contributed by atoms with Crippen molar-refractivity contribution in [1.82, 2.24) is 4.98 Å². The van der Waals surface area contributed by atoms with Crippen LogP contribution in [-0.4, -0.2) is 10.3 Å². The monoisotopic (exact) mass is 299 g/mol. The summed E-state index contributed by atoms with van der Waals surface area (Å²) in [5.41, 5.74) is 1.79. The zero-order valence-electron chi connectivity index (χ0n) is 8.62. The maximum atomic E-state index is 13.4. The number of hydrogen-bond acceptors (Lipinski definition) is 2. The van der Waals surface area contributed by atoms with Gasteiger partial charge in [0.15, 0.2) is 0 Å². The molecule has 2 aromatic rings. The van der Waals surface area contributed by atoms with E-state index in [1.807, 2.05) is 11.4 Å². The molecule has 0 amide bonds. The molecule has 0 aliphatic rings. The van der Waals surface area contributed by atoms with Gasteiger partial charge in [0.25, 0.3) is 0 Å². The number of benzene rings is 1. The van der Waals surface area contributed by atoms with Crippen LogP contribution in [0.25, 0.3) is 0 Å². The van der Waals surface area contributed by atoms with Gasteiger partial charge < -0.3 is 0 Å². The number of aryl methyl sites for hydroxylation is 1. The Balaban J connectivity index is 2.11. The Hall–Kier alpha value is -0.740. The Kier molecular flexibility index (Phi) is 4.07. The molecular formula is C12H11BrFNS. The summed E-state index contributed by atoms with van der Waals surface area (Å²) in [7, 11) is 0. The molecule has 16 heavy (non-hydrogen) atoms. The van der Waals surface area contributed by atoms with Gasteiger partial charge in [0.05, 0.1) is 10.7 Å². The van der Waals surface area contributed by atoms with E-state index in [1.165, 1.54) is 6.07 Å². The fourth-order valence-electron chi connectivity index (χ4n) is 1.45. The molecule has 1 heterocycles. The number of hydrogen-bond donors (Lipinski definition) is 0. The van der Waals surface area contributed by atoms with Crippen molar-refractivity contribution in [2.24, 2.45) is 0 Å². The van der Waals surface area contributed by atoms with Crippen molar-refractivity contribution in [3.63, 3.8) is 0 Å². The van der Waals surface area contributed by atoms with Gasteiger partial charge >= 0.3 is 0 Å². The van der Waals surface area contributed by atoms with Gasteiger partial charge in [-0.3, -0.25) is 0 Å². The van der Waals surface area contributed by atoms with Gasteiger partial charge in [-0.05, 0) is 11.6 Å². The highest BCUT2D eigenvalue weighted by molar-refractivity contribution is 9.09. The van der Waals surface area contributed by atoms with Crippen LogP contribution in [0.3, 0.4) is 0 Å². The Morgan fingerprint density at radius 1 is 1.31 bits per heavy atom. The number of aromatic nitrogens is 1. The minimum Gasteiger partial charge on any atom is -0.246 e. The average molecular weight is 300 g/mol. The molecule has 0 saturated carbocycles. The fraction of sp³-hybridized carbons (Fsp3) is 0.250. The SMILES string of the molecule is Fc1ccccc1Cc1nc(CCBr)cs1. The van der Waals surface area contributed by atoms with Crippen LogP contribution in [0.15, 0.2) is 29.6 Å². The maximum Gasteiger partial charge on any atom is 0.126 e. The van der Waals surface area contributed by atoms with Crippen molar-refractivity contribution in [2.75, 3.05) is 5.33 Å². The van der Waals surface area contributed by atoms with Gasteiger partial charge in [-0.1, -0.05) is 34.1 Å². The van der Waals surface area contributed by atoms with E-state index in [4.69, 9.17) is 0 Å². The number of alkyl halides is 1. The third-order valence-corrected chi connectivity index (χ3v) is 3.54. The summed E-state index contributed by atoms with van der Waals surface area (Å²) >= 11 is 4.97. The minimum absolute atomic E-state index is 0.153. The first-order valence-corrected chi connectivity index (χ1v) is 7.02. The Morgan fingerprint density at radius 2 is 2.12 bits per heavy atom. The first-order valence-electron chi connectivity index (χ1n) is 5.02. The number of rotatable bonds is 4. The highest BCUT2D eigenvalue weighted by atomic mass is 79.9. The van der Waals surface area contributed by atoms with E-state index >= 15 is 0 Å². The first-order chi connectivity index (χ1) is 7.79. The second-order valence-electron chi connectivity index (χ2n) is 3.44. The number of halogens is 2. The van der Waals surface area contributed by atoms with Crippen LogP contribution >= 0.6 is 27.3 Å². The van der Waals surface area contributed by atoms with Crippen LogP contribution in [-0.2, 0) is 12.8 Å². The van der Waals surface area contributed by atoms with Gasteiger partial charge in [-0.2, -0.15) is 0 Å². The van der Waals surface area contributed by atoms with Gasteiger partial charge in [-0.25, -0.2) is 9.37 Å². The molecule has 2 rings (SSSR count). The quantitative estimate of drug-likeness (QED) is 0.782. The van der Waals surface area contributed by atoms with Crippen LogP contribution in [0, 0.1) is 5.82 Å². The standard InChI is InChI=1S/C12H11BrFNS/c13-6-5-10-8-16-12(15-10)7-9-3-1-2-4-11(9)14/h1-4,8H,5-7H2. The van der Waals surface area contributed by atoms with Gasteiger partial charge in [0, 0.05) is 23.6 Å². The Morgan fingerprint density at radius 3 is 2.88 bits per heavy atom. The zero-order chi connectivity index (χ0) is 11.4. The van der Waals surface area contributed by atoms with Crippen molar-refractivity contribution in [3.05, 3.63) is 51.7 Å². The molecule has 1 aromatic carbocycles. The Bertz CT molecular complexity index is 470.